The van der Waals surface area contributed by atoms with Crippen molar-refractivity contribution in [2.45, 2.75) is 19.6 Å². The average Bonchev–Trinajstić information content (AvgIpc) is 3.25. The molecule has 2 aromatic carbocycles. The maximum Gasteiger partial charge on any atom is 0.183 e. The Labute approximate surface area is 211 Å². The zero-order chi connectivity index (χ0) is 25.9. The molecule has 10 heteroatoms. The third-order valence-corrected chi connectivity index (χ3v) is 5.86. The molecule has 1 N–H and O–H groups in total. The number of nitrogens with zero attached hydrogens (tertiary/aromatic N) is 4. The van der Waals surface area contributed by atoms with Gasteiger partial charge in [0.25, 0.3) is 0 Å². The van der Waals surface area contributed by atoms with Crippen LogP contribution in [-0.2, 0) is 22.7 Å². The highest BCUT2D eigenvalue weighted by Crippen LogP contribution is 2.31. The predicted molar refractivity (Wildman–Crippen MR) is 134 cm³/mol. The molecule has 0 saturated heterocycles. The summed E-state index contributed by atoms with van der Waals surface area (Å²) in [6, 6.07) is 9.83. The minimum absolute atomic E-state index is 0.0299. The molecule has 0 amide bonds. The minimum atomic E-state index is -0.677. The number of benzene rings is 2. The molecular formula is C27H23F2N5O3. The van der Waals surface area contributed by atoms with Crippen LogP contribution in [0.3, 0.4) is 0 Å². The molecule has 0 atom stereocenters. The molecule has 0 unspecified atom stereocenters. The highest BCUT2D eigenvalue weighted by Gasteiger charge is 2.20. The van der Waals surface area contributed by atoms with Crippen molar-refractivity contribution in [2.75, 3.05) is 19.5 Å². The summed E-state index contributed by atoms with van der Waals surface area (Å²) in [5.41, 5.74) is 1.96. The molecule has 0 fully saturated rings. The van der Waals surface area contributed by atoms with Gasteiger partial charge in [-0.1, -0.05) is 24.3 Å². The second kappa shape index (κ2) is 10.3. The SMILES string of the molecule is COCc1cc(F)c(Cn2nc(-c3ncc(OC)c(NC4=CC(=O)CC=C4)n3)c3ccccc32)c(F)c1. The molecule has 0 radical (unpaired) electrons. The van der Waals surface area contributed by atoms with Crippen molar-refractivity contribution in [3.05, 3.63) is 89.3 Å². The number of allylic oxidation sites excluding steroid dienone is 3. The molecule has 1 aliphatic rings. The van der Waals surface area contributed by atoms with Crippen LogP contribution >= 0.6 is 0 Å². The van der Waals surface area contributed by atoms with Gasteiger partial charge in [0, 0.05) is 36.3 Å². The Kier molecular flexibility index (Phi) is 6.74. The van der Waals surface area contributed by atoms with E-state index < -0.39 is 11.6 Å². The molecule has 4 aromatic rings. The Hall–Kier alpha value is -4.44. The smallest absolute Gasteiger partial charge is 0.183 e. The van der Waals surface area contributed by atoms with Gasteiger partial charge in [-0.2, -0.15) is 5.10 Å². The average molecular weight is 504 g/mol. The number of methoxy groups -OCH3 is 2. The summed E-state index contributed by atoms with van der Waals surface area (Å²) in [6.45, 7) is -0.0263. The fourth-order valence-corrected chi connectivity index (χ4v) is 4.14. The normalized spacial score (nSPS) is 13.2. The number of ketones is 1. The summed E-state index contributed by atoms with van der Waals surface area (Å²) in [5.74, 6) is -0.380. The number of nitrogens with one attached hydrogen (secondary N) is 1. The lowest BCUT2D eigenvalue weighted by Crippen LogP contribution is -2.09. The molecule has 37 heavy (non-hydrogen) atoms. The second-order valence-electron chi connectivity index (χ2n) is 8.40. The molecule has 0 saturated carbocycles. The van der Waals surface area contributed by atoms with Gasteiger partial charge in [-0.05, 0) is 29.8 Å². The van der Waals surface area contributed by atoms with Gasteiger partial charge in [0.1, 0.15) is 17.3 Å². The van der Waals surface area contributed by atoms with Crippen molar-refractivity contribution < 1.29 is 23.0 Å². The van der Waals surface area contributed by atoms with Crippen molar-refractivity contribution in [1.82, 2.24) is 19.7 Å². The number of carbonyl (C=O) groups is 1. The van der Waals surface area contributed by atoms with E-state index in [0.29, 0.717) is 45.8 Å². The first-order valence-corrected chi connectivity index (χ1v) is 11.5. The van der Waals surface area contributed by atoms with E-state index >= 15 is 0 Å². The topological polar surface area (TPSA) is 91.2 Å². The molecule has 1 aliphatic carbocycles. The van der Waals surface area contributed by atoms with Crippen molar-refractivity contribution >= 4 is 22.5 Å². The lowest BCUT2D eigenvalue weighted by atomic mass is 10.1. The molecule has 2 heterocycles. The van der Waals surface area contributed by atoms with Crippen LogP contribution in [0, 0.1) is 11.6 Å². The summed E-state index contributed by atoms with van der Waals surface area (Å²) in [7, 11) is 2.95. The van der Waals surface area contributed by atoms with Gasteiger partial charge in [-0.3, -0.25) is 9.48 Å². The van der Waals surface area contributed by atoms with Gasteiger partial charge in [0.2, 0.25) is 0 Å². The van der Waals surface area contributed by atoms with Crippen molar-refractivity contribution in [3.8, 4) is 17.3 Å². The van der Waals surface area contributed by atoms with Gasteiger partial charge in [-0.15, -0.1) is 0 Å². The predicted octanol–water partition coefficient (Wildman–Crippen LogP) is 4.80. The Morgan fingerprint density at radius 1 is 1.14 bits per heavy atom. The van der Waals surface area contributed by atoms with Gasteiger partial charge in [0.05, 0.1) is 32.0 Å². The summed E-state index contributed by atoms with van der Waals surface area (Å²) >= 11 is 0. The van der Waals surface area contributed by atoms with Gasteiger partial charge < -0.3 is 14.8 Å². The van der Waals surface area contributed by atoms with Crippen LogP contribution in [0.1, 0.15) is 17.5 Å². The Bertz CT molecular complexity index is 1540. The van der Waals surface area contributed by atoms with E-state index in [1.54, 1.807) is 12.2 Å². The van der Waals surface area contributed by atoms with Crippen LogP contribution in [-0.4, -0.2) is 39.8 Å². The first-order chi connectivity index (χ1) is 18.0. The molecule has 5 rings (SSSR count). The van der Waals surface area contributed by atoms with Crippen molar-refractivity contribution in [3.63, 3.8) is 0 Å². The van der Waals surface area contributed by atoms with E-state index in [0.717, 1.165) is 0 Å². The van der Waals surface area contributed by atoms with Crippen LogP contribution in [0.2, 0.25) is 0 Å². The Morgan fingerprint density at radius 2 is 1.92 bits per heavy atom. The summed E-state index contributed by atoms with van der Waals surface area (Å²) in [4.78, 5) is 20.8. The number of ether oxygens (including phenoxy) is 2. The van der Waals surface area contributed by atoms with Crippen LogP contribution < -0.4 is 10.1 Å². The summed E-state index contributed by atoms with van der Waals surface area (Å²) < 4.78 is 41.5. The Balaban J connectivity index is 1.55. The molecule has 0 spiro atoms. The van der Waals surface area contributed by atoms with E-state index in [2.05, 4.69) is 20.4 Å². The minimum Gasteiger partial charge on any atom is -0.491 e. The number of aromatic nitrogens is 4. The van der Waals surface area contributed by atoms with E-state index in [1.165, 1.54) is 43.3 Å². The Morgan fingerprint density at radius 3 is 2.65 bits per heavy atom. The highest BCUT2D eigenvalue weighted by molar-refractivity contribution is 5.94. The zero-order valence-electron chi connectivity index (χ0n) is 20.2. The zero-order valence-corrected chi connectivity index (χ0v) is 20.2. The van der Waals surface area contributed by atoms with E-state index in [1.807, 2.05) is 24.3 Å². The number of hydrogen-bond acceptors (Lipinski definition) is 7. The van der Waals surface area contributed by atoms with Crippen molar-refractivity contribution in [2.24, 2.45) is 0 Å². The third kappa shape index (κ3) is 4.96. The number of halogens is 2. The summed E-state index contributed by atoms with van der Waals surface area (Å²) in [5, 5.41) is 8.44. The van der Waals surface area contributed by atoms with Crippen LogP contribution in [0.5, 0.6) is 5.75 Å². The fourth-order valence-electron chi connectivity index (χ4n) is 4.14. The highest BCUT2D eigenvalue weighted by atomic mass is 19.1. The van der Waals surface area contributed by atoms with Crippen LogP contribution in [0.25, 0.3) is 22.4 Å². The largest absolute Gasteiger partial charge is 0.491 e. The maximum atomic E-state index is 14.8. The lowest BCUT2D eigenvalue weighted by Gasteiger charge is -2.13. The monoisotopic (exact) mass is 503 g/mol. The van der Waals surface area contributed by atoms with Crippen LogP contribution in [0.15, 0.2) is 66.5 Å². The van der Waals surface area contributed by atoms with E-state index in [9.17, 15) is 13.6 Å². The number of anilines is 1. The molecular weight excluding hydrogens is 480 g/mol. The molecule has 2 aromatic heterocycles. The van der Waals surface area contributed by atoms with Crippen LogP contribution in [0.4, 0.5) is 14.6 Å². The van der Waals surface area contributed by atoms with Gasteiger partial charge in [-0.25, -0.2) is 18.7 Å². The van der Waals surface area contributed by atoms with Crippen molar-refractivity contribution in [1.29, 1.82) is 0 Å². The number of rotatable bonds is 8. The van der Waals surface area contributed by atoms with E-state index in [-0.39, 0.29) is 30.3 Å². The number of fused-ring (bicyclic) bond motifs is 1. The number of para-hydroxylation sites is 1. The molecule has 188 valence electrons. The first kappa shape index (κ1) is 24.3. The molecule has 8 nitrogen and oxygen atoms in total. The number of hydrogen-bond donors (Lipinski definition) is 1. The fraction of sp³-hybridized carbons (Fsp3) is 0.185. The molecule has 0 aliphatic heterocycles. The number of carbonyl (C=O) groups excluding carboxylic acids is 1. The maximum absolute atomic E-state index is 14.8. The molecule has 0 bridgehead atoms. The van der Waals surface area contributed by atoms with Gasteiger partial charge >= 0.3 is 0 Å². The standard InChI is InChI=1S/C27H23F2N5O3/c1-36-15-16-10-21(28)20(22(29)11-16)14-34-23-9-4-3-8-19(23)25(33-34)27-30-13-24(37-2)26(32-27)31-17-6-5-7-18(35)12-17/h3-6,8-13H,7,14-15H2,1-2H3,(H,30,31,32). The summed E-state index contributed by atoms with van der Waals surface area (Å²) in [6.07, 6.45) is 6.88. The van der Waals surface area contributed by atoms with E-state index in [4.69, 9.17) is 9.47 Å². The van der Waals surface area contributed by atoms with Gasteiger partial charge in [0.15, 0.2) is 23.2 Å². The third-order valence-electron chi connectivity index (χ3n) is 5.86. The second-order valence-corrected chi connectivity index (χ2v) is 8.40. The lowest BCUT2D eigenvalue weighted by molar-refractivity contribution is -0.113. The first-order valence-electron chi connectivity index (χ1n) is 11.5. The quantitative estimate of drug-likeness (QED) is 0.369.